The Hall–Kier alpha value is -4.80. The van der Waals surface area contributed by atoms with Crippen molar-refractivity contribution in [1.82, 2.24) is 0 Å². The van der Waals surface area contributed by atoms with Gasteiger partial charge in [0.2, 0.25) is 0 Å². The molecule has 11 heteroatoms. The van der Waals surface area contributed by atoms with Crippen LogP contribution in [0.15, 0.2) is 132 Å². The molecule has 5 rings (SSSR count). The summed E-state index contributed by atoms with van der Waals surface area (Å²) in [5.74, 6) is -1.11. The van der Waals surface area contributed by atoms with Crippen LogP contribution in [0.2, 0.25) is 5.02 Å². The van der Waals surface area contributed by atoms with Crippen molar-refractivity contribution in [3.8, 4) is 11.5 Å². The van der Waals surface area contributed by atoms with Gasteiger partial charge in [0.05, 0.1) is 16.1 Å². The number of carbonyl (C=O) groups is 1. The van der Waals surface area contributed by atoms with E-state index in [9.17, 15) is 26.4 Å². The van der Waals surface area contributed by atoms with Gasteiger partial charge in [-0.25, -0.2) is 13.2 Å². The number of hydrogen-bond donors (Lipinski definition) is 1. The number of ether oxygens (including phenoxy) is 2. The third-order valence-electron chi connectivity index (χ3n) is 6.43. The SMILES string of the molecule is O=C(OC(c1ccccc1)c1ccccc1)c1ccccc1Oc1ccc(C(F)(F)F)cc1NS(=O)(=O)c1ccc(Cl)cc1. The molecule has 5 aromatic carbocycles. The van der Waals surface area contributed by atoms with Gasteiger partial charge in [-0.15, -0.1) is 0 Å². The fourth-order valence-corrected chi connectivity index (χ4v) is 5.48. The lowest BCUT2D eigenvalue weighted by molar-refractivity contribution is -0.137. The third-order valence-corrected chi connectivity index (χ3v) is 8.06. The first-order chi connectivity index (χ1) is 21.0. The van der Waals surface area contributed by atoms with Crippen molar-refractivity contribution in [3.05, 3.63) is 155 Å². The van der Waals surface area contributed by atoms with Crippen LogP contribution in [0.5, 0.6) is 11.5 Å². The molecule has 6 nitrogen and oxygen atoms in total. The van der Waals surface area contributed by atoms with Crippen LogP contribution in [-0.4, -0.2) is 14.4 Å². The molecule has 0 unspecified atom stereocenters. The second-order valence-electron chi connectivity index (χ2n) is 9.47. The largest absolute Gasteiger partial charge is 0.454 e. The molecule has 0 aliphatic heterocycles. The Kier molecular flexibility index (Phi) is 8.93. The highest BCUT2D eigenvalue weighted by Gasteiger charge is 2.32. The normalized spacial score (nSPS) is 11.7. The Labute approximate surface area is 256 Å². The third kappa shape index (κ3) is 7.21. The Morgan fingerprint density at radius 3 is 1.89 bits per heavy atom. The van der Waals surface area contributed by atoms with Crippen LogP contribution < -0.4 is 9.46 Å². The first-order valence-corrected chi connectivity index (χ1v) is 14.9. The fourth-order valence-electron chi connectivity index (χ4n) is 4.29. The maximum Gasteiger partial charge on any atom is 0.416 e. The lowest BCUT2D eigenvalue weighted by atomic mass is 10.0. The number of esters is 1. The van der Waals surface area contributed by atoms with E-state index in [4.69, 9.17) is 21.1 Å². The molecule has 5 aromatic rings. The number of para-hydroxylation sites is 1. The minimum atomic E-state index is -4.77. The fraction of sp³-hybridized carbons (Fsp3) is 0.0606. The topological polar surface area (TPSA) is 81.7 Å². The van der Waals surface area contributed by atoms with E-state index in [1.807, 2.05) is 60.7 Å². The molecular formula is C33H23ClF3NO5S. The summed E-state index contributed by atoms with van der Waals surface area (Å²) in [5.41, 5.74) is -0.209. The molecule has 0 saturated carbocycles. The Balaban J connectivity index is 1.49. The smallest absolute Gasteiger partial charge is 0.416 e. The van der Waals surface area contributed by atoms with Gasteiger partial charge < -0.3 is 9.47 Å². The minimum absolute atomic E-state index is 0.0317. The maximum atomic E-state index is 13.6. The van der Waals surface area contributed by atoms with Gasteiger partial charge in [0.15, 0.2) is 11.9 Å². The maximum absolute atomic E-state index is 13.6. The Morgan fingerprint density at radius 1 is 0.727 bits per heavy atom. The molecule has 0 radical (unpaired) electrons. The number of hydrogen-bond acceptors (Lipinski definition) is 5. The predicted octanol–water partition coefficient (Wildman–Crippen LogP) is 8.90. The lowest BCUT2D eigenvalue weighted by Gasteiger charge is -2.20. The molecule has 0 atom stereocenters. The summed E-state index contributed by atoms with van der Waals surface area (Å²) in [6.07, 6.45) is -5.55. The minimum Gasteiger partial charge on any atom is -0.454 e. The van der Waals surface area contributed by atoms with E-state index in [0.29, 0.717) is 17.2 Å². The summed E-state index contributed by atoms with van der Waals surface area (Å²) in [7, 11) is -4.36. The van der Waals surface area contributed by atoms with Crippen molar-refractivity contribution in [2.75, 3.05) is 4.72 Å². The predicted molar refractivity (Wildman–Crippen MR) is 160 cm³/mol. The van der Waals surface area contributed by atoms with E-state index < -0.39 is 39.5 Å². The summed E-state index contributed by atoms with van der Waals surface area (Å²) < 4.78 is 81.0. The van der Waals surface area contributed by atoms with E-state index in [1.165, 1.54) is 36.4 Å². The first kappa shape index (κ1) is 30.7. The number of nitrogens with one attached hydrogen (secondary N) is 1. The lowest BCUT2D eigenvalue weighted by Crippen LogP contribution is -2.15. The van der Waals surface area contributed by atoms with Gasteiger partial charge in [-0.2, -0.15) is 13.2 Å². The van der Waals surface area contributed by atoms with Crippen molar-refractivity contribution in [2.45, 2.75) is 17.2 Å². The molecular weight excluding hydrogens is 615 g/mol. The molecule has 0 heterocycles. The highest BCUT2D eigenvalue weighted by atomic mass is 35.5. The molecule has 44 heavy (non-hydrogen) atoms. The molecule has 0 aliphatic rings. The van der Waals surface area contributed by atoms with Gasteiger partial charge in [0.25, 0.3) is 10.0 Å². The second kappa shape index (κ2) is 12.8. The molecule has 0 spiro atoms. The van der Waals surface area contributed by atoms with Crippen molar-refractivity contribution in [3.63, 3.8) is 0 Å². The van der Waals surface area contributed by atoms with E-state index in [1.54, 1.807) is 12.1 Å². The van der Waals surface area contributed by atoms with E-state index in [-0.39, 0.29) is 27.0 Å². The first-order valence-electron chi connectivity index (χ1n) is 13.1. The van der Waals surface area contributed by atoms with Crippen LogP contribution in [0.3, 0.4) is 0 Å². The summed E-state index contributed by atoms with van der Waals surface area (Å²) in [5, 5.41) is 0.275. The summed E-state index contributed by atoms with van der Waals surface area (Å²) >= 11 is 5.85. The molecule has 1 N–H and O–H groups in total. The monoisotopic (exact) mass is 637 g/mol. The zero-order chi connectivity index (χ0) is 31.3. The Bertz CT molecular complexity index is 1830. The van der Waals surface area contributed by atoms with Gasteiger partial charge in [0, 0.05) is 5.02 Å². The van der Waals surface area contributed by atoms with Gasteiger partial charge in [-0.3, -0.25) is 4.72 Å². The zero-order valence-electron chi connectivity index (χ0n) is 22.7. The van der Waals surface area contributed by atoms with Crippen LogP contribution in [0.4, 0.5) is 18.9 Å². The van der Waals surface area contributed by atoms with E-state index >= 15 is 0 Å². The average molecular weight is 638 g/mol. The average Bonchev–Trinajstić information content (AvgIpc) is 3.01. The zero-order valence-corrected chi connectivity index (χ0v) is 24.2. The number of anilines is 1. The molecule has 0 fully saturated rings. The standard InChI is InChI=1S/C33H23ClF3NO5S/c34-25-16-18-26(19-17-25)44(40,41)38-28-21-24(33(35,36)37)15-20-30(28)42-29-14-8-7-13-27(29)32(39)43-31(22-9-3-1-4-10-22)23-11-5-2-6-12-23/h1-21,31,38H. The molecule has 0 saturated heterocycles. The molecule has 0 bridgehead atoms. The summed E-state index contributed by atoms with van der Waals surface area (Å²) in [4.78, 5) is 13.3. The van der Waals surface area contributed by atoms with Gasteiger partial charge in [0.1, 0.15) is 11.3 Å². The number of carbonyl (C=O) groups excluding carboxylic acids is 1. The quantitative estimate of drug-likeness (QED) is 0.163. The number of sulfonamides is 1. The van der Waals surface area contributed by atoms with E-state index in [2.05, 4.69) is 4.72 Å². The number of alkyl halides is 3. The van der Waals surface area contributed by atoms with Crippen LogP contribution in [0, 0.1) is 0 Å². The molecule has 0 aliphatic carbocycles. The number of rotatable bonds is 9. The van der Waals surface area contributed by atoms with Crippen LogP contribution >= 0.6 is 11.6 Å². The van der Waals surface area contributed by atoms with Crippen molar-refractivity contribution in [1.29, 1.82) is 0 Å². The number of halogens is 4. The van der Waals surface area contributed by atoms with Crippen LogP contribution in [0.25, 0.3) is 0 Å². The van der Waals surface area contributed by atoms with Crippen molar-refractivity contribution in [2.24, 2.45) is 0 Å². The molecule has 224 valence electrons. The highest BCUT2D eigenvalue weighted by molar-refractivity contribution is 7.92. The Morgan fingerprint density at radius 2 is 1.30 bits per heavy atom. The molecule has 0 aromatic heterocycles. The number of benzene rings is 5. The van der Waals surface area contributed by atoms with Gasteiger partial charge >= 0.3 is 12.1 Å². The molecule has 0 amide bonds. The van der Waals surface area contributed by atoms with E-state index in [0.717, 1.165) is 12.1 Å². The summed E-state index contributed by atoms with van der Waals surface area (Å²) in [6, 6.07) is 31.6. The van der Waals surface area contributed by atoms with Crippen molar-refractivity contribution < 1.29 is 35.9 Å². The van der Waals surface area contributed by atoms with Gasteiger partial charge in [-0.1, -0.05) is 84.4 Å². The highest BCUT2D eigenvalue weighted by Crippen LogP contribution is 2.39. The second-order valence-corrected chi connectivity index (χ2v) is 11.6. The van der Waals surface area contributed by atoms with Gasteiger partial charge in [-0.05, 0) is 65.7 Å². The van der Waals surface area contributed by atoms with Crippen LogP contribution in [0.1, 0.15) is 33.2 Å². The van der Waals surface area contributed by atoms with Crippen LogP contribution in [-0.2, 0) is 20.9 Å². The van der Waals surface area contributed by atoms with Crippen molar-refractivity contribution >= 4 is 33.3 Å². The summed E-state index contributed by atoms with van der Waals surface area (Å²) in [6.45, 7) is 0.